The zero-order valence-electron chi connectivity index (χ0n) is 11.4. The lowest BCUT2D eigenvalue weighted by molar-refractivity contribution is -0.144. The molecule has 0 aliphatic heterocycles. The lowest BCUT2D eigenvalue weighted by atomic mass is 10.2. The molecule has 0 saturated heterocycles. The number of anilines is 1. The molecule has 0 saturated carbocycles. The Balaban J connectivity index is 2.79. The molecule has 0 radical (unpaired) electrons. The maximum Gasteiger partial charge on any atom is 0.358 e. The van der Waals surface area contributed by atoms with Crippen molar-refractivity contribution in [3.05, 3.63) is 18.1 Å². The highest BCUT2D eigenvalue weighted by molar-refractivity contribution is 5.87. The fourth-order valence-corrected chi connectivity index (χ4v) is 1.52. The molecule has 7 nitrogen and oxygen atoms in total. The lowest BCUT2D eigenvalue weighted by Crippen LogP contribution is -2.30. The summed E-state index contributed by atoms with van der Waals surface area (Å²) in [6.45, 7) is 2.16. The second kappa shape index (κ2) is 6.67. The Morgan fingerprint density at radius 1 is 1.32 bits per heavy atom. The van der Waals surface area contributed by atoms with Crippen molar-refractivity contribution < 1.29 is 19.1 Å². The molecular formula is C12H17N3O4. The molecule has 0 aromatic carbocycles. The Labute approximate surface area is 111 Å². The maximum atomic E-state index is 11.3. The number of hydrogen-bond acceptors (Lipinski definition) is 7. The molecule has 0 spiro atoms. The summed E-state index contributed by atoms with van der Waals surface area (Å²) in [7, 11) is 4.38. The molecule has 0 fully saturated rings. The predicted octanol–water partition coefficient (Wildman–Crippen LogP) is 0.508. The van der Waals surface area contributed by atoms with Crippen LogP contribution < -0.4 is 4.90 Å². The van der Waals surface area contributed by atoms with Crippen LogP contribution in [0.25, 0.3) is 0 Å². The molecule has 0 N–H and O–H groups in total. The van der Waals surface area contributed by atoms with Crippen LogP contribution in [0.1, 0.15) is 17.4 Å². The zero-order chi connectivity index (χ0) is 14.4. The Bertz CT molecular complexity index is 464. The minimum absolute atomic E-state index is 0.123. The van der Waals surface area contributed by atoms with E-state index in [1.165, 1.54) is 26.6 Å². The summed E-state index contributed by atoms with van der Waals surface area (Å²) in [5.74, 6) is -0.676. The molecule has 1 aromatic rings. The van der Waals surface area contributed by atoms with E-state index in [4.69, 9.17) is 0 Å². The fourth-order valence-electron chi connectivity index (χ4n) is 1.52. The van der Waals surface area contributed by atoms with Crippen LogP contribution in [0.5, 0.6) is 0 Å². The average molecular weight is 267 g/mol. The van der Waals surface area contributed by atoms with Gasteiger partial charge in [0.1, 0.15) is 5.82 Å². The van der Waals surface area contributed by atoms with E-state index in [1.807, 2.05) is 0 Å². The van der Waals surface area contributed by atoms with Crippen LogP contribution in [0.2, 0.25) is 0 Å². The van der Waals surface area contributed by atoms with Gasteiger partial charge in [-0.1, -0.05) is 6.92 Å². The van der Waals surface area contributed by atoms with Gasteiger partial charge in [-0.15, -0.1) is 0 Å². The van der Waals surface area contributed by atoms with Gasteiger partial charge in [-0.3, -0.25) is 9.78 Å². The molecular weight excluding hydrogens is 250 g/mol. The highest BCUT2D eigenvalue weighted by Gasteiger charge is 2.17. The van der Waals surface area contributed by atoms with Crippen LogP contribution >= 0.6 is 0 Å². The Morgan fingerprint density at radius 2 is 2.00 bits per heavy atom. The SMILES string of the molecule is COC(=O)c1cncc(N(C)CC(C)C(=O)OC)n1. The third-order valence-electron chi connectivity index (χ3n) is 2.56. The standard InChI is InChI=1S/C12H17N3O4/c1-8(11(16)18-3)7-15(2)10-6-13-5-9(14-10)12(17)19-4/h5-6,8H,7H2,1-4H3. The van der Waals surface area contributed by atoms with Gasteiger partial charge in [-0.25, -0.2) is 9.78 Å². The van der Waals surface area contributed by atoms with Gasteiger partial charge in [0.2, 0.25) is 0 Å². The van der Waals surface area contributed by atoms with E-state index in [0.717, 1.165) is 0 Å². The van der Waals surface area contributed by atoms with Gasteiger partial charge in [0, 0.05) is 13.6 Å². The van der Waals surface area contributed by atoms with Gasteiger partial charge in [0.05, 0.1) is 32.5 Å². The van der Waals surface area contributed by atoms with E-state index in [2.05, 4.69) is 19.4 Å². The third-order valence-corrected chi connectivity index (χ3v) is 2.56. The van der Waals surface area contributed by atoms with Crippen molar-refractivity contribution in [2.75, 3.05) is 32.7 Å². The number of methoxy groups -OCH3 is 2. The number of esters is 2. The van der Waals surface area contributed by atoms with E-state index < -0.39 is 5.97 Å². The van der Waals surface area contributed by atoms with Gasteiger partial charge >= 0.3 is 11.9 Å². The largest absolute Gasteiger partial charge is 0.469 e. The number of ether oxygens (including phenoxy) is 2. The van der Waals surface area contributed by atoms with Gasteiger partial charge in [-0.2, -0.15) is 0 Å². The lowest BCUT2D eigenvalue weighted by Gasteiger charge is -2.20. The Hall–Kier alpha value is -2.18. The number of aromatic nitrogens is 2. The smallest absolute Gasteiger partial charge is 0.358 e. The zero-order valence-corrected chi connectivity index (χ0v) is 11.4. The number of hydrogen-bond donors (Lipinski definition) is 0. The van der Waals surface area contributed by atoms with Crippen LogP contribution in [0, 0.1) is 5.92 Å². The van der Waals surface area contributed by atoms with Crippen molar-refractivity contribution in [2.24, 2.45) is 5.92 Å². The van der Waals surface area contributed by atoms with Crippen molar-refractivity contribution >= 4 is 17.8 Å². The first kappa shape index (κ1) is 14.9. The third kappa shape index (κ3) is 3.90. The van der Waals surface area contributed by atoms with Gasteiger partial charge in [0.25, 0.3) is 0 Å². The van der Waals surface area contributed by atoms with Crippen LogP contribution in [0.4, 0.5) is 5.82 Å². The molecule has 0 aliphatic rings. The monoisotopic (exact) mass is 267 g/mol. The Kier molecular flexibility index (Phi) is 5.23. The number of rotatable bonds is 5. The second-order valence-corrected chi connectivity index (χ2v) is 4.06. The quantitative estimate of drug-likeness (QED) is 0.719. The van der Waals surface area contributed by atoms with Crippen LogP contribution in [0.15, 0.2) is 12.4 Å². The topological polar surface area (TPSA) is 81.6 Å². The number of nitrogens with zero attached hydrogens (tertiary/aromatic N) is 3. The van der Waals surface area contributed by atoms with E-state index in [9.17, 15) is 9.59 Å². The van der Waals surface area contributed by atoms with Gasteiger partial charge in [0.15, 0.2) is 5.69 Å². The first-order valence-corrected chi connectivity index (χ1v) is 5.69. The second-order valence-electron chi connectivity index (χ2n) is 4.06. The van der Waals surface area contributed by atoms with E-state index in [0.29, 0.717) is 12.4 Å². The minimum Gasteiger partial charge on any atom is -0.469 e. The summed E-state index contributed by atoms with van der Waals surface area (Å²) in [6, 6.07) is 0. The number of carbonyl (C=O) groups is 2. The summed E-state index contributed by atoms with van der Waals surface area (Å²) in [5, 5.41) is 0. The Morgan fingerprint density at radius 3 is 2.58 bits per heavy atom. The maximum absolute atomic E-state index is 11.3. The predicted molar refractivity (Wildman–Crippen MR) is 67.8 cm³/mol. The van der Waals surface area contributed by atoms with Crippen molar-refractivity contribution in [3.63, 3.8) is 0 Å². The number of carbonyl (C=O) groups excluding carboxylic acids is 2. The van der Waals surface area contributed by atoms with Gasteiger partial charge in [-0.05, 0) is 0 Å². The molecule has 1 heterocycles. The molecule has 0 amide bonds. The summed E-state index contributed by atoms with van der Waals surface area (Å²) >= 11 is 0. The minimum atomic E-state index is -0.552. The molecule has 1 unspecified atom stereocenters. The summed E-state index contributed by atoms with van der Waals surface area (Å²) in [6.07, 6.45) is 2.84. The van der Waals surface area contributed by atoms with Crippen molar-refractivity contribution in [1.29, 1.82) is 0 Å². The van der Waals surface area contributed by atoms with E-state index in [1.54, 1.807) is 18.9 Å². The van der Waals surface area contributed by atoms with Crippen molar-refractivity contribution in [3.8, 4) is 0 Å². The fraction of sp³-hybridized carbons (Fsp3) is 0.500. The average Bonchev–Trinajstić information content (AvgIpc) is 2.45. The highest BCUT2D eigenvalue weighted by Crippen LogP contribution is 2.11. The van der Waals surface area contributed by atoms with E-state index in [-0.39, 0.29) is 17.6 Å². The molecule has 19 heavy (non-hydrogen) atoms. The molecule has 0 aliphatic carbocycles. The van der Waals surface area contributed by atoms with Crippen LogP contribution in [-0.4, -0.2) is 49.7 Å². The first-order chi connectivity index (χ1) is 8.99. The van der Waals surface area contributed by atoms with Crippen LogP contribution in [0.3, 0.4) is 0 Å². The van der Waals surface area contributed by atoms with Gasteiger partial charge < -0.3 is 14.4 Å². The normalized spacial score (nSPS) is 11.6. The molecule has 104 valence electrons. The van der Waals surface area contributed by atoms with Crippen molar-refractivity contribution in [1.82, 2.24) is 9.97 Å². The molecule has 1 rings (SSSR count). The molecule has 0 bridgehead atoms. The molecule has 1 aromatic heterocycles. The summed E-state index contributed by atoms with van der Waals surface area (Å²) in [5.41, 5.74) is 0.123. The molecule has 7 heteroatoms. The van der Waals surface area contributed by atoms with E-state index >= 15 is 0 Å². The van der Waals surface area contributed by atoms with Crippen LogP contribution in [-0.2, 0) is 14.3 Å². The molecule has 1 atom stereocenters. The van der Waals surface area contributed by atoms with Crippen molar-refractivity contribution in [2.45, 2.75) is 6.92 Å². The first-order valence-electron chi connectivity index (χ1n) is 5.69. The highest BCUT2D eigenvalue weighted by atomic mass is 16.5. The summed E-state index contributed by atoms with van der Waals surface area (Å²) in [4.78, 5) is 32.5. The summed E-state index contributed by atoms with van der Waals surface area (Å²) < 4.78 is 9.23.